The molecule has 2 amide bonds. The number of amides is 2. The molecule has 1 atom stereocenters. The Morgan fingerprint density at radius 3 is 2.52 bits per heavy atom. The van der Waals surface area contributed by atoms with E-state index in [0.717, 1.165) is 6.42 Å². The maximum Gasteiger partial charge on any atom is 0.413 e. The number of imide groups is 1. The molecule has 0 aromatic rings. The lowest BCUT2D eigenvalue weighted by Crippen LogP contribution is -2.46. The third-order valence-electron chi connectivity index (χ3n) is 2.91. The van der Waals surface area contributed by atoms with E-state index < -0.39 is 23.6 Å². The Balaban J connectivity index is 2.52. The van der Waals surface area contributed by atoms with Gasteiger partial charge in [-0.1, -0.05) is 0 Å². The summed E-state index contributed by atoms with van der Waals surface area (Å²) in [5, 5.41) is 2.12. The molecule has 1 aliphatic rings. The van der Waals surface area contributed by atoms with Crippen molar-refractivity contribution in [2.24, 2.45) is 0 Å². The first-order chi connectivity index (χ1) is 9.73. The van der Waals surface area contributed by atoms with Gasteiger partial charge in [0.15, 0.2) is 0 Å². The minimum atomic E-state index is -0.768. The van der Waals surface area contributed by atoms with Gasteiger partial charge in [0.25, 0.3) is 0 Å². The van der Waals surface area contributed by atoms with E-state index in [1.807, 2.05) is 0 Å². The van der Waals surface area contributed by atoms with Crippen LogP contribution in [0.2, 0.25) is 0 Å². The number of nitrogens with one attached hydrogen (secondary N) is 1. The van der Waals surface area contributed by atoms with Gasteiger partial charge in [0.2, 0.25) is 5.91 Å². The molecular weight excluding hydrogens is 276 g/mol. The van der Waals surface area contributed by atoms with Gasteiger partial charge in [-0.3, -0.25) is 19.8 Å². The Morgan fingerprint density at radius 2 is 1.95 bits per heavy atom. The molecule has 0 radical (unpaired) electrons. The van der Waals surface area contributed by atoms with Crippen LogP contribution in [0.4, 0.5) is 4.79 Å². The molecule has 0 spiro atoms. The van der Waals surface area contributed by atoms with E-state index in [1.54, 1.807) is 32.6 Å². The highest BCUT2D eigenvalue weighted by atomic mass is 16.6. The second-order valence-corrected chi connectivity index (χ2v) is 5.93. The van der Waals surface area contributed by atoms with Crippen molar-refractivity contribution >= 4 is 18.0 Å². The van der Waals surface area contributed by atoms with Crippen molar-refractivity contribution in [2.45, 2.75) is 52.2 Å². The average molecular weight is 300 g/mol. The number of nitrogens with zero attached hydrogens (tertiary/aromatic N) is 1. The molecule has 0 bridgehead atoms. The minimum absolute atomic E-state index is 0.0251. The van der Waals surface area contributed by atoms with Crippen molar-refractivity contribution in [1.29, 1.82) is 0 Å². The first-order valence-corrected chi connectivity index (χ1v) is 7.16. The van der Waals surface area contributed by atoms with Crippen LogP contribution < -0.4 is 5.32 Å². The lowest BCUT2D eigenvalue weighted by Gasteiger charge is -2.26. The maximum atomic E-state index is 12.1. The summed E-state index contributed by atoms with van der Waals surface area (Å²) >= 11 is 0. The zero-order chi connectivity index (χ0) is 16.0. The summed E-state index contributed by atoms with van der Waals surface area (Å²) in [5.41, 5.74) is -0.557. The van der Waals surface area contributed by atoms with Crippen molar-refractivity contribution in [3.8, 4) is 0 Å². The zero-order valence-corrected chi connectivity index (χ0v) is 13.1. The molecule has 0 aromatic carbocycles. The van der Waals surface area contributed by atoms with Crippen LogP contribution in [0.15, 0.2) is 0 Å². The summed E-state index contributed by atoms with van der Waals surface area (Å²) in [6, 6.07) is -0.433. The fraction of sp³-hybridized carbons (Fsp3) is 0.786. The van der Waals surface area contributed by atoms with Gasteiger partial charge in [0.05, 0.1) is 13.2 Å². The summed E-state index contributed by atoms with van der Waals surface area (Å²) in [4.78, 5) is 36.7. The SMILES string of the molecule is CCOC(=O)NC(=O)CN1CCC[C@@H]1C(=O)OC(C)(C)C. The normalized spacial score (nSPS) is 19.1. The molecule has 1 fully saturated rings. The molecule has 1 saturated heterocycles. The third-order valence-corrected chi connectivity index (χ3v) is 2.91. The monoisotopic (exact) mass is 300 g/mol. The van der Waals surface area contributed by atoms with Crippen LogP contribution in [0.5, 0.6) is 0 Å². The fourth-order valence-electron chi connectivity index (χ4n) is 2.16. The first-order valence-electron chi connectivity index (χ1n) is 7.16. The lowest BCUT2D eigenvalue weighted by atomic mass is 10.1. The van der Waals surface area contributed by atoms with Crippen LogP contribution >= 0.6 is 0 Å². The van der Waals surface area contributed by atoms with Gasteiger partial charge < -0.3 is 9.47 Å². The van der Waals surface area contributed by atoms with E-state index in [1.165, 1.54) is 0 Å². The van der Waals surface area contributed by atoms with E-state index in [9.17, 15) is 14.4 Å². The summed E-state index contributed by atoms with van der Waals surface area (Å²) in [7, 11) is 0. The predicted molar refractivity (Wildman–Crippen MR) is 75.6 cm³/mol. The van der Waals surface area contributed by atoms with Crippen LogP contribution in [0.1, 0.15) is 40.5 Å². The van der Waals surface area contributed by atoms with Gasteiger partial charge in [0, 0.05) is 0 Å². The summed E-state index contributed by atoms with van der Waals surface area (Å²) in [6.45, 7) is 7.86. The maximum absolute atomic E-state index is 12.1. The number of carbonyl (C=O) groups excluding carboxylic acids is 3. The molecular formula is C14H24N2O5. The van der Waals surface area contributed by atoms with Crippen molar-refractivity contribution in [1.82, 2.24) is 10.2 Å². The largest absolute Gasteiger partial charge is 0.459 e. The molecule has 7 nitrogen and oxygen atoms in total. The number of hydrogen-bond acceptors (Lipinski definition) is 6. The van der Waals surface area contributed by atoms with E-state index in [-0.39, 0.29) is 19.1 Å². The quantitative estimate of drug-likeness (QED) is 0.782. The fourth-order valence-corrected chi connectivity index (χ4v) is 2.16. The molecule has 1 N–H and O–H groups in total. The van der Waals surface area contributed by atoms with E-state index >= 15 is 0 Å². The zero-order valence-electron chi connectivity index (χ0n) is 13.1. The molecule has 120 valence electrons. The lowest BCUT2D eigenvalue weighted by molar-refractivity contribution is -0.160. The molecule has 0 unspecified atom stereocenters. The number of hydrogen-bond donors (Lipinski definition) is 1. The Bertz CT molecular complexity index is 403. The smallest absolute Gasteiger partial charge is 0.413 e. The van der Waals surface area contributed by atoms with Crippen LogP contribution in [-0.2, 0) is 19.1 Å². The van der Waals surface area contributed by atoms with Gasteiger partial charge in [0.1, 0.15) is 11.6 Å². The summed E-state index contributed by atoms with van der Waals surface area (Å²) in [5.74, 6) is -0.812. The van der Waals surface area contributed by atoms with E-state index in [2.05, 4.69) is 10.1 Å². The van der Waals surface area contributed by atoms with Gasteiger partial charge in [-0.2, -0.15) is 0 Å². The van der Waals surface area contributed by atoms with Gasteiger partial charge >= 0.3 is 12.1 Å². The van der Waals surface area contributed by atoms with Gasteiger partial charge in [-0.05, 0) is 47.1 Å². The summed E-state index contributed by atoms with van der Waals surface area (Å²) in [6.07, 6.45) is 0.702. The highest BCUT2D eigenvalue weighted by Gasteiger charge is 2.35. The van der Waals surface area contributed by atoms with Crippen LogP contribution in [0.25, 0.3) is 0 Å². The van der Waals surface area contributed by atoms with Crippen molar-refractivity contribution in [3.63, 3.8) is 0 Å². The Hall–Kier alpha value is -1.63. The van der Waals surface area contributed by atoms with Crippen molar-refractivity contribution in [2.75, 3.05) is 19.7 Å². The van der Waals surface area contributed by atoms with Gasteiger partial charge in [-0.15, -0.1) is 0 Å². The average Bonchev–Trinajstić information content (AvgIpc) is 2.74. The van der Waals surface area contributed by atoms with Crippen LogP contribution in [0, 0.1) is 0 Å². The third kappa shape index (κ3) is 6.12. The number of rotatable bonds is 4. The standard InChI is InChI=1S/C14H24N2O5/c1-5-20-13(19)15-11(17)9-16-8-6-7-10(16)12(18)21-14(2,3)4/h10H,5-9H2,1-4H3,(H,15,17,19)/t10-/m1/s1. The topological polar surface area (TPSA) is 84.9 Å². The van der Waals surface area contributed by atoms with Gasteiger partial charge in [-0.25, -0.2) is 4.79 Å². The summed E-state index contributed by atoms with van der Waals surface area (Å²) < 4.78 is 9.99. The Kier molecular flexibility index (Phi) is 6.14. The molecule has 0 saturated carbocycles. The second-order valence-electron chi connectivity index (χ2n) is 5.93. The highest BCUT2D eigenvalue weighted by molar-refractivity contribution is 5.93. The van der Waals surface area contributed by atoms with Crippen molar-refractivity contribution < 1.29 is 23.9 Å². The number of alkyl carbamates (subject to hydrolysis) is 1. The molecule has 0 aromatic heterocycles. The first kappa shape index (κ1) is 17.4. The molecule has 7 heteroatoms. The molecule has 1 heterocycles. The van der Waals surface area contributed by atoms with Crippen LogP contribution in [0.3, 0.4) is 0 Å². The number of carbonyl (C=O) groups is 3. The molecule has 1 aliphatic heterocycles. The predicted octanol–water partition coefficient (Wildman–Crippen LogP) is 1.07. The van der Waals surface area contributed by atoms with E-state index in [4.69, 9.17) is 4.74 Å². The van der Waals surface area contributed by atoms with Crippen LogP contribution in [-0.4, -0.2) is 54.2 Å². The molecule has 21 heavy (non-hydrogen) atoms. The minimum Gasteiger partial charge on any atom is -0.459 e. The molecule has 1 rings (SSSR count). The highest BCUT2D eigenvalue weighted by Crippen LogP contribution is 2.20. The molecule has 0 aliphatic carbocycles. The Morgan fingerprint density at radius 1 is 1.29 bits per heavy atom. The van der Waals surface area contributed by atoms with E-state index in [0.29, 0.717) is 13.0 Å². The Labute approximate surface area is 124 Å². The van der Waals surface area contributed by atoms with Crippen molar-refractivity contribution in [3.05, 3.63) is 0 Å². The number of likely N-dealkylation sites (tertiary alicyclic amines) is 1. The number of ether oxygens (including phenoxy) is 2. The number of esters is 1. The second kappa shape index (κ2) is 7.40.